The van der Waals surface area contributed by atoms with Gasteiger partial charge in [0.25, 0.3) is 0 Å². The van der Waals surface area contributed by atoms with Gasteiger partial charge in [-0.05, 0) is 104 Å². The molecule has 0 amide bonds. The van der Waals surface area contributed by atoms with Crippen LogP contribution < -0.4 is 14.4 Å². The summed E-state index contributed by atoms with van der Waals surface area (Å²) in [5.74, 6) is 3.09. The lowest BCUT2D eigenvalue weighted by molar-refractivity contribution is -0.115. The molecule has 2 aromatic rings. The largest absolute Gasteiger partial charge is 0.491 e. The van der Waals surface area contributed by atoms with Gasteiger partial charge < -0.3 is 14.4 Å². The van der Waals surface area contributed by atoms with Gasteiger partial charge in [0.15, 0.2) is 0 Å². The minimum atomic E-state index is -1.01. The summed E-state index contributed by atoms with van der Waals surface area (Å²) in [6, 6.07) is 11.9. The number of halogens is 1. The molecular weight excluding hydrogens is 568 g/mol. The van der Waals surface area contributed by atoms with Gasteiger partial charge in [0.05, 0.1) is 23.3 Å². The fourth-order valence-corrected chi connectivity index (χ4v) is 7.85. The summed E-state index contributed by atoms with van der Waals surface area (Å²) in [6.07, 6.45) is 8.04. The molecule has 4 rings (SSSR count). The maximum atomic E-state index is 12.3. The minimum absolute atomic E-state index is 0.0282. The van der Waals surface area contributed by atoms with Crippen LogP contribution in [0.2, 0.25) is 5.02 Å². The molecule has 230 valence electrons. The Morgan fingerprint density at radius 3 is 2.60 bits per heavy atom. The highest BCUT2D eigenvalue weighted by atomic mass is 35.5. The van der Waals surface area contributed by atoms with Crippen molar-refractivity contribution in [1.82, 2.24) is 4.72 Å². The van der Waals surface area contributed by atoms with Gasteiger partial charge in [0.2, 0.25) is 0 Å². The van der Waals surface area contributed by atoms with Gasteiger partial charge in [0, 0.05) is 41.3 Å². The Morgan fingerprint density at radius 1 is 1.12 bits per heavy atom. The molecule has 0 aromatic heterocycles. The molecule has 2 aliphatic rings. The van der Waals surface area contributed by atoms with Crippen LogP contribution in [0.25, 0.3) is 0 Å². The fraction of sp³-hybridized carbons (Fsp3) is 0.588. The van der Waals surface area contributed by atoms with Crippen molar-refractivity contribution in [3.8, 4) is 5.75 Å². The van der Waals surface area contributed by atoms with E-state index in [0.29, 0.717) is 41.6 Å². The van der Waals surface area contributed by atoms with Gasteiger partial charge >= 0.3 is 0 Å². The molecule has 8 heteroatoms. The van der Waals surface area contributed by atoms with Crippen molar-refractivity contribution in [3.63, 3.8) is 0 Å². The van der Waals surface area contributed by atoms with Crippen LogP contribution in [0.15, 0.2) is 36.4 Å². The van der Waals surface area contributed by atoms with E-state index in [9.17, 15) is 13.8 Å². The Kier molecular flexibility index (Phi) is 12.1. The summed E-state index contributed by atoms with van der Waals surface area (Å²) in [5.41, 5.74) is 4.13. The first-order chi connectivity index (χ1) is 20.3. The Hall–Kier alpha value is -2.22. The van der Waals surface area contributed by atoms with Crippen LogP contribution in [0.5, 0.6) is 5.75 Å². The Morgan fingerprint density at radius 2 is 1.93 bits per heavy atom. The van der Waals surface area contributed by atoms with E-state index in [2.05, 4.69) is 42.5 Å². The molecular formula is C34H47ClN2O4S. The number of nitrogens with zero attached hydrogens (tertiary/aromatic N) is 1. The molecule has 1 heterocycles. The second-order valence-corrected chi connectivity index (χ2v) is 14.3. The zero-order valence-electron chi connectivity index (χ0n) is 25.5. The van der Waals surface area contributed by atoms with Crippen molar-refractivity contribution >= 4 is 40.8 Å². The average molecular weight is 615 g/mol. The molecule has 0 bridgehead atoms. The van der Waals surface area contributed by atoms with E-state index in [1.807, 2.05) is 24.3 Å². The van der Waals surface area contributed by atoms with Crippen molar-refractivity contribution in [2.24, 2.45) is 29.6 Å². The lowest BCUT2D eigenvalue weighted by Gasteiger charge is -2.44. The number of rotatable bonds is 15. The van der Waals surface area contributed by atoms with Crippen LogP contribution in [0.3, 0.4) is 0 Å². The highest BCUT2D eigenvalue weighted by molar-refractivity contribution is 7.82. The maximum Gasteiger partial charge on any atom is 0.150 e. The standard InChI is InChI=1S/C34H47ClN2O4S/c1-5-6-26-16-30(35)11-13-31(26)29-18-37(33-15-25(19-38)8-14-34(33)41-21-29)17-27-10-12-32(27)28(20-39)9-7-23(2)24(3)22-42(40)36-4/h8,11,13-16,19-20,23-24,27-29,32,36H,5-7,9-10,12,17-18,21-22H2,1-4H3/t23-,24?,27?,28?,29?,32?,42?/m0/s1. The van der Waals surface area contributed by atoms with Crippen LogP contribution in [-0.4, -0.2) is 49.3 Å². The highest BCUT2D eigenvalue weighted by Crippen LogP contribution is 2.44. The number of aryl methyl sites for hydroxylation is 1. The monoisotopic (exact) mass is 614 g/mol. The van der Waals surface area contributed by atoms with Gasteiger partial charge in [-0.15, -0.1) is 0 Å². The third-order valence-corrected chi connectivity index (χ3v) is 11.1. The Bertz CT molecular complexity index is 1240. The van der Waals surface area contributed by atoms with E-state index in [0.717, 1.165) is 74.4 Å². The zero-order valence-corrected chi connectivity index (χ0v) is 27.1. The van der Waals surface area contributed by atoms with Crippen LogP contribution in [0.1, 0.15) is 80.3 Å². The number of benzene rings is 2. The zero-order chi connectivity index (χ0) is 30.2. The highest BCUT2D eigenvalue weighted by Gasteiger charge is 2.39. The normalized spacial score (nSPS) is 23.0. The van der Waals surface area contributed by atoms with Crippen molar-refractivity contribution in [3.05, 3.63) is 58.1 Å². The molecule has 0 spiro atoms. The molecule has 6 nitrogen and oxygen atoms in total. The predicted octanol–water partition coefficient (Wildman–Crippen LogP) is 6.86. The Labute approximate surface area is 259 Å². The van der Waals surface area contributed by atoms with Crippen LogP contribution >= 0.6 is 11.6 Å². The number of hydrogen-bond donors (Lipinski definition) is 1. The molecule has 1 aliphatic carbocycles. The maximum absolute atomic E-state index is 12.3. The topological polar surface area (TPSA) is 75.7 Å². The Balaban J connectivity index is 1.51. The summed E-state index contributed by atoms with van der Waals surface area (Å²) < 4.78 is 21.2. The molecule has 1 saturated carbocycles. The lowest BCUT2D eigenvalue weighted by Crippen LogP contribution is -2.43. The summed E-state index contributed by atoms with van der Waals surface area (Å²) in [7, 11) is 0.715. The minimum Gasteiger partial charge on any atom is -0.491 e. The van der Waals surface area contributed by atoms with Gasteiger partial charge in [-0.3, -0.25) is 4.79 Å². The molecule has 6 unspecified atom stereocenters. The van der Waals surface area contributed by atoms with Crippen LogP contribution in [0, 0.1) is 29.6 Å². The molecule has 0 saturated heterocycles. The fourth-order valence-electron chi connectivity index (χ4n) is 6.68. The number of aldehydes is 2. The molecule has 1 N–H and O–H groups in total. The van der Waals surface area contributed by atoms with E-state index in [-0.39, 0.29) is 11.8 Å². The predicted molar refractivity (Wildman–Crippen MR) is 173 cm³/mol. The van der Waals surface area contributed by atoms with Gasteiger partial charge in [-0.2, -0.15) is 0 Å². The summed E-state index contributed by atoms with van der Waals surface area (Å²) in [4.78, 5) is 26.5. The first-order valence-corrected chi connectivity index (χ1v) is 17.2. The van der Waals surface area contributed by atoms with Gasteiger partial charge in [0.1, 0.15) is 18.3 Å². The molecule has 42 heavy (non-hydrogen) atoms. The number of carbonyl (C=O) groups is 2. The smallest absolute Gasteiger partial charge is 0.150 e. The third kappa shape index (κ3) is 8.03. The number of hydrogen-bond acceptors (Lipinski definition) is 5. The molecule has 2 aromatic carbocycles. The average Bonchev–Trinajstić information content (AvgIpc) is 3.16. The van der Waals surface area contributed by atoms with Crippen molar-refractivity contribution in [2.75, 3.05) is 37.4 Å². The van der Waals surface area contributed by atoms with E-state index < -0.39 is 11.0 Å². The number of anilines is 1. The number of nitrogens with one attached hydrogen (secondary N) is 1. The van der Waals surface area contributed by atoms with Gasteiger partial charge in [-0.25, -0.2) is 8.93 Å². The summed E-state index contributed by atoms with van der Waals surface area (Å²) in [5, 5.41) is 0.753. The summed E-state index contributed by atoms with van der Waals surface area (Å²) in [6.45, 7) is 8.70. The second-order valence-electron chi connectivity index (χ2n) is 12.4. The molecule has 1 fully saturated rings. The van der Waals surface area contributed by atoms with E-state index >= 15 is 0 Å². The third-order valence-electron chi connectivity index (χ3n) is 9.63. The molecule has 1 aliphatic heterocycles. The van der Waals surface area contributed by atoms with Crippen molar-refractivity contribution in [1.29, 1.82) is 0 Å². The first-order valence-electron chi connectivity index (χ1n) is 15.5. The number of ether oxygens (including phenoxy) is 1. The quantitative estimate of drug-likeness (QED) is 0.222. The van der Waals surface area contributed by atoms with Crippen molar-refractivity contribution < 1.29 is 18.5 Å². The molecule has 0 radical (unpaired) electrons. The van der Waals surface area contributed by atoms with E-state index in [4.69, 9.17) is 16.3 Å². The van der Waals surface area contributed by atoms with Crippen molar-refractivity contribution in [2.45, 2.75) is 65.2 Å². The lowest BCUT2D eigenvalue weighted by atomic mass is 9.65. The number of carbonyl (C=O) groups excluding carboxylic acids is 2. The van der Waals surface area contributed by atoms with E-state index in [1.165, 1.54) is 17.4 Å². The first kappa shape index (κ1) is 32.7. The second kappa shape index (κ2) is 15.5. The molecule has 7 atom stereocenters. The SMILES string of the molecule is CCCc1cc(Cl)ccc1C1COc2ccc(C=O)cc2N(CC2CCC2C(C=O)CC[C@H](C)C(C)CS(=O)NC)C1. The number of fused-ring (bicyclic) bond motifs is 1. The van der Waals surface area contributed by atoms with E-state index in [1.54, 1.807) is 7.05 Å². The van der Waals surface area contributed by atoms with Crippen LogP contribution in [0.4, 0.5) is 5.69 Å². The van der Waals surface area contributed by atoms with Crippen LogP contribution in [-0.2, 0) is 22.2 Å². The van der Waals surface area contributed by atoms with Gasteiger partial charge in [-0.1, -0.05) is 44.9 Å². The summed E-state index contributed by atoms with van der Waals surface area (Å²) >= 11 is 6.38.